The highest BCUT2D eigenvalue weighted by atomic mass is 79.9. The fraction of sp³-hybridized carbons (Fsp3) is 0.692. The summed E-state index contributed by atoms with van der Waals surface area (Å²) in [6.45, 7) is 2.69. The van der Waals surface area contributed by atoms with Crippen molar-refractivity contribution in [2.45, 2.75) is 37.4 Å². The second kappa shape index (κ2) is 5.87. The Morgan fingerprint density at radius 1 is 1.61 bits per heavy atom. The van der Waals surface area contributed by atoms with Gasteiger partial charge in [0.05, 0.1) is 11.8 Å². The number of hydrogen-bond acceptors (Lipinski definition) is 2. The van der Waals surface area contributed by atoms with Crippen LogP contribution in [0.15, 0.2) is 6.20 Å². The van der Waals surface area contributed by atoms with Crippen LogP contribution in [-0.4, -0.2) is 27.1 Å². The molecule has 0 radical (unpaired) electrons. The number of alkyl halides is 1. The molecule has 1 aromatic heterocycles. The third-order valence-electron chi connectivity index (χ3n) is 3.75. The summed E-state index contributed by atoms with van der Waals surface area (Å²) < 4.78 is 1.73. The van der Waals surface area contributed by atoms with E-state index in [1.807, 2.05) is 14.0 Å². The van der Waals surface area contributed by atoms with E-state index in [2.05, 4.69) is 26.3 Å². The second-order valence-corrected chi connectivity index (χ2v) is 6.40. The summed E-state index contributed by atoms with van der Waals surface area (Å²) in [5.74, 6) is 0.598. The van der Waals surface area contributed by atoms with E-state index in [1.54, 1.807) is 10.9 Å². The highest BCUT2D eigenvalue weighted by molar-refractivity contribution is 9.09. The lowest BCUT2D eigenvalue weighted by atomic mass is 9.89. The third-order valence-corrected chi connectivity index (χ3v) is 4.58. The Morgan fingerprint density at radius 2 is 2.39 bits per heavy atom. The molecular formula is C13H20BrN3O. The predicted octanol–water partition coefficient (Wildman–Crippen LogP) is 2.41. The Hall–Kier alpha value is -0.840. The zero-order chi connectivity index (χ0) is 13.1. The molecule has 0 bridgehead atoms. The van der Waals surface area contributed by atoms with Gasteiger partial charge in [-0.25, -0.2) is 0 Å². The van der Waals surface area contributed by atoms with Crippen molar-refractivity contribution in [1.29, 1.82) is 0 Å². The fourth-order valence-electron chi connectivity index (χ4n) is 2.46. The van der Waals surface area contributed by atoms with Gasteiger partial charge in [0, 0.05) is 24.1 Å². The minimum absolute atomic E-state index is 0.00250. The zero-order valence-corrected chi connectivity index (χ0v) is 12.5. The Balaban J connectivity index is 1.86. The first kappa shape index (κ1) is 13.6. The molecule has 1 amide bonds. The number of aromatic nitrogens is 2. The lowest BCUT2D eigenvalue weighted by Crippen LogP contribution is -2.32. The standard InChI is InChI=1S/C13H20BrN3O/c1-9-12(8-16-17(9)2)13(18)15-7-10-4-3-5-11(14)6-10/h8,10-11H,3-7H2,1-2H3,(H,15,18). The smallest absolute Gasteiger partial charge is 0.254 e. The maximum Gasteiger partial charge on any atom is 0.254 e. The van der Waals surface area contributed by atoms with Crippen molar-refractivity contribution in [3.63, 3.8) is 0 Å². The normalized spacial score (nSPS) is 23.9. The average Bonchev–Trinajstić information content (AvgIpc) is 2.67. The van der Waals surface area contributed by atoms with Gasteiger partial charge in [-0.2, -0.15) is 5.10 Å². The average molecular weight is 314 g/mol. The Bertz CT molecular complexity index is 430. The number of hydrogen-bond donors (Lipinski definition) is 1. The summed E-state index contributed by atoms with van der Waals surface area (Å²) in [5.41, 5.74) is 1.60. The molecule has 100 valence electrons. The Morgan fingerprint density at radius 3 is 3.00 bits per heavy atom. The van der Waals surface area contributed by atoms with E-state index in [9.17, 15) is 4.79 Å². The van der Waals surface area contributed by atoms with Crippen molar-refractivity contribution < 1.29 is 4.79 Å². The maximum absolute atomic E-state index is 12.0. The molecular weight excluding hydrogens is 294 g/mol. The minimum atomic E-state index is -0.00250. The monoisotopic (exact) mass is 313 g/mol. The maximum atomic E-state index is 12.0. The van der Waals surface area contributed by atoms with Gasteiger partial charge in [0.15, 0.2) is 0 Å². The molecule has 0 spiro atoms. The molecule has 5 heteroatoms. The van der Waals surface area contributed by atoms with E-state index in [0.29, 0.717) is 16.3 Å². The zero-order valence-electron chi connectivity index (χ0n) is 10.9. The van der Waals surface area contributed by atoms with Crippen LogP contribution in [0.3, 0.4) is 0 Å². The van der Waals surface area contributed by atoms with Gasteiger partial charge in [0.25, 0.3) is 5.91 Å². The van der Waals surface area contributed by atoms with Crippen LogP contribution in [0.5, 0.6) is 0 Å². The number of halogens is 1. The van der Waals surface area contributed by atoms with Crippen molar-refractivity contribution in [3.05, 3.63) is 17.5 Å². The van der Waals surface area contributed by atoms with Gasteiger partial charge in [0.2, 0.25) is 0 Å². The van der Waals surface area contributed by atoms with Crippen molar-refractivity contribution in [2.75, 3.05) is 6.54 Å². The largest absolute Gasteiger partial charge is 0.352 e. The molecule has 1 aliphatic carbocycles. The van der Waals surface area contributed by atoms with Gasteiger partial charge in [-0.05, 0) is 32.1 Å². The summed E-state index contributed by atoms with van der Waals surface area (Å²) >= 11 is 3.67. The molecule has 0 aliphatic heterocycles. The van der Waals surface area contributed by atoms with E-state index >= 15 is 0 Å². The summed E-state index contributed by atoms with van der Waals surface area (Å²) in [6.07, 6.45) is 6.52. The first-order valence-corrected chi connectivity index (χ1v) is 7.40. The molecule has 1 fully saturated rings. The van der Waals surface area contributed by atoms with Gasteiger partial charge in [-0.3, -0.25) is 9.48 Å². The topological polar surface area (TPSA) is 46.9 Å². The predicted molar refractivity (Wildman–Crippen MR) is 75.0 cm³/mol. The molecule has 2 unspecified atom stereocenters. The number of aryl methyl sites for hydroxylation is 1. The molecule has 2 atom stereocenters. The molecule has 1 saturated carbocycles. The highest BCUT2D eigenvalue weighted by Gasteiger charge is 2.21. The number of nitrogens with zero attached hydrogens (tertiary/aromatic N) is 2. The van der Waals surface area contributed by atoms with Crippen LogP contribution in [0, 0.1) is 12.8 Å². The summed E-state index contributed by atoms with van der Waals surface area (Å²) in [5, 5.41) is 7.12. The molecule has 1 aliphatic rings. The molecule has 0 saturated heterocycles. The van der Waals surface area contributed by atoms with E-state index in [0.717, 1.165) is 18.7 Å². The van der Waals surface area contributed by atoms with Crippen molar-refractivity contribution in [2.24, 2.45) is 13.0 Å². The second-order valence-electron chi connectivity index (χ2n) is 5.11. The highest BCUT2D eigenvalue weighted by Crippen LogP contribution is 2.28. The van der Waals surface area contributed by atoms with Crippen molar-refractivity contribution in [1.82, 2.24) is 15.1 Å². The quantitative estimate of drug-likeness (QED) is 0.871. The van der Waals surface area contributed by atoms with Gasteiger partial charge in [-0.15, -0.1) is 0 Å². The van der Waals surface area contributed by atoms with Crippen LogP contribution in [0.25, 0.3) is 0 Å². The van der Waals surface area contributed by atoms with E-state index < -0.39 is 0 Å². The number of carbonyl (C=O) groups excluding carboxylic acids is 1. The number of carbonyl (C=O) groups is 1. The minimum Gasteiger partial charge on any atom is -0.352 e. The molecule has 4 nitrogen and oxygen atoms in total. The van der Waals surface area contributed by atoms with Crippen LogP contribution in [0.2, 0.25) is 0 Å². The van der Waals surface area contributed by atoms with Crippen LogP contribution in [0.1, 0.15) is 41.7 Å². The van der Waals surface area contributed by atoms with Crippen LogP contribution in [0.4, 0.5) is 0 Å². The SMILES string of the molecule is Cc1c(C(=O)NCC2CCCC(Br)C2)cnn1C. The van der Waals surface area contributed by atoms with Gasteiger partial charge in [-0.1, -0.05) is 22.4 Å². The summed E-state index contributed by atoms with van der Waals surface area (Å²) in [7, 11) is 1.85. The fourth-order valence-corrected chi connectivity index (χ4v) is 3.32. The van der Waals surface area contributed by atoms with Gasteiger partial charge in [0.1, 0.15) is 0 Å². The first-order chi connectivity index (χ1) is 8.58. The molecule has 1 aromatic rings. The molecule has 18 heavy (non-hydrogen) atoms. The Kier molecular flexibility index (Phi) is 4.43. The lowest BCUT2D eigenvalue weighted by Gasteiger charge is -2.25. The van der Waals surface area contributed by atoms with Crippen LogP contribution in [-0.2, 0) is 7.05 Å². The number of rotatable bonds is 3. The molecule has 1 heterocycles. The molecule has 0 aromatic carbocycles. The third kappa shape index (κ3) is 3.13. The lowest BCUT2D eigenvalue weighted by molar-refractivity contribution is 0.0943. The van der Waals surface area contributed by atoms with Crippen LogP contribution >= 0.6 is 15.9 Å². The molecule has 1 N–H and O–H groups in total. The first-order valence-electron chi connectivity index (χ1n) is 6.48. The summed E-state index contributed by atoms with van der Waals surface area (Å²) in [4.78, 5) is 12.6. The van der Waals surface area contributed by atoms with Gasteiger partial charge >= 0.3 is 0 Å². The molecule has 2 rings (SSSR count). The van der Waals surface area contributed by atoms with E-state index in [1.165, 1.54) is 19.3 Å². The van der Waals surface area contributed by atoms with E-state index in [4.69, 9.17) is 0 Å². The van der Waals surface area contributed by atoms with Crippen LogP contribution < -0.4 is 5.32 Å². The van der Waals surface area contributed by atoms with Crippen molar-refractivity contribution in [3.8, 4) is 0 Å². The van der Waals surface area contributed by atoms with Gasteiger partial charge < -0.3 is 5.32 Å². The number of nitrogens with one attached hydrogen (secondary N) is 1. The summed E-state index contributed by atoms with van der Waals surface area (Å²) in [6, 6.07) is 0. The van der Waals surface area contributed by atoms with Crippen molar-refractivity contribution >= 4 is 21.8 Å². The van der Waals surface area contributed by atoms with E-state index in [-0.39, 0.29) is 5.91 Å². The Labute approximate surface area is 116 Å². The number of amides is 1.